The van der Waals surface area contributed by atoms with Crippen molar-refractivity contribution >= 4 is 22.1 Å². The molecule has 0 aliphatic carbocycles. The number of ether oxygens (including phenoxy) is 1. The summed E-state index contributed by atoms with van der Waals surface area (Å²) in [5.74, 6) is 0.890. The summed E-state index contributed by atoms with van der Waals surface area (Å²) in [6, 6.07) is 14.9. The van der Waals surface area contributed by atoms with Gasteiger partial charge in [-0.15, -0.1) is 0 Å². The van der Waals surface area contributed by atoms with Crippen molar-refractivity contribution in [2.24, 2.45) is 5.73 Å². The quantitative estimate of drug-likeness (QED) is 0.772. The molecule has 0 amide bonds. The number of fused-ring (bicyclic) bond motifs is 1. The average Bonchev–Trinajstić information content (AvgIpc) is 3.00. The molecule has 3 rings (SSSR count). The number of thiophene rings is 1. The first-order valence-electron chi connectivity index (χ1n) is 7.08. The van der Waals surface area contributed by atoms with Gasteiger partial charge in [0.1, 0.15) is 5.75 Å². The predicted octanol–water partition coefficient (Wildman–Crippen LogP) is 4.02. The predicted molar refractivity (Wildman–Crippen MR) is 90.2 cm³/mol. The Hall–Kier alpha value is -1.84. The van der Waals surface area contributed by atoms with Gasteiger partial charge in [0.25, 0.3) is 0 Å². The Balaban J connectivity index is 1.85. The van der Waals surface area contributed by atoms with Crippen molar-refractivity contribution in [2.45, 2.75) is 18.9 Å². The molecule has 0 fully saturated rings. The third-order valence-corrected chi connectivity index (χ3v) is 4.47. The zero-order valence-corrected chi connectivity index (χ0v) is 12.9. The average molecular weight is 297 g/mol. The number of nitrogens with two attached hydrogens (primary N) is 1. The summed E-state index contributed by atoms with van der Waals surface area (Å²) in [5, 5.41) is 6.74. The molecule has 0 bridgehead atoms. The summed E-state index contributed by atoms with van der Waals surface area (Å²) in [6.45, 7) is 0. The molecular formula is C18H19NOS. The second-order valence-corrected chi connectivity index (χ2v) is 6.08. The van der Waals surface area contributed by atoms with Crippen LogP contribution in [0.5, 0.6) is 5.75 Å². The summed E-state index contributed by atoms with van der Waals surface area (Å²) in [4.78, 5) is 0. The largest absolute Gasteiger partial charge is 0.497 e. The molecule has 2 nitrogen and oxygen atoms in total. The van der Waals surface area contributed by atoms with Crippen molar-refractivity contribution in [3.05, 3.63) is 64.4 Å². The second-order valence-electron chi connectivity index (χ2n) is 5.30. The maximum Gasteiger partial charge on any atom is 0.119 e. The fourth-order valence-electron chi connectivity index (χ4n) is 2.69. The number of hydrogen-bond acceptors (Lipinski definition) is 3. The van der Waals surface area contributed by atoms with Gasteiger partial charge in [-0.3, -0.25) is 0 Å². The molecule has 21 heavy (non-hydrogen) atoms. The number of benzene rings is 2. The highest BCUT2D eigenvalue weighted by atomic mass is 32.1. The number of methoxy groups -OCH3 is 1. The highest BCUT2D eigenvalue weighted by Crippen LogP contribution is 2.25. The van der Waals surface area contributed by atoms with Crippen LogP contribution < -0.4 is 10.5 Å². The second kappa shape index (κ2) is 6.29. The van der Waals surface area contributed by atoms with Crippen LogP contribution in [0.2, 0.25) is 0 Å². The molecule has 0 saturated heterocycles. The van der Waals surface area contributed by atoms with Crippen LogP contribution in [0, 0.1) is 0 Å². The molecule has 2 N–H and O–H groups in total. The van der Waals surface area contributed by atoms with Crippen LogP contribution in [0.1, 0.15) is 11.1 Å². The van der Waals surface area contributed by atoms with Gasteiger partial charge in [-0.25, -0.2) is 0 Å². The van der Waals surface area contributed by atoms with E-state index in [-0.39, 0.29) is 6.04 Å². The standard InChI is InChI=1S/C18H19NOS/c1-20-17-6-5-14-3-2-4-15(18(14)11-17)10-16(19)9-13-7-8-21-12-13/h2-8,11-12,16H,9-10,19H2,1H3. The van der Waals surface area contributed by atoms with Crippen molar-refractivity contribution in [2.75, 3.05) is 7.11 Å². The van der Waals surface area contributed by atoms with E-state index in [4.69, 9.17) is 10.5 Å². The molecule has 2 aromatic carbocycles. The Morgan fingerprint density at radius 3 is 2.81 bits per heavy atom. The van der Waals surface area contributed by atoms with E-state index in [0.717, 1.165) is 18.6 Å². The van der Waals surface area contributed by atoms with E-state index in [9.17, 15) is 0 Å². The SMILES string of the molecule is COc1ccc2cccc(CC(N)Cc3ccsc3)c2c1. The highest BCUT2D eigenvalue weighted by molar-refractivity contribution is 7.07. The van der Waals surface area contributed by atoms with Crippen LogP contribution in [0.4, 0.5) is 0 Å². The monoisotopic (exact) mass is 297 g/mol. The minimum Gasteiger partial charge on any atom is -0.497 e. The molecule has 0 spiro atoms. The lowest BCUT2D eigenvalue weighted by molar-refractivity contribution is 0.415. The zero-order valence-electron chi connectivity index (χ0n) is 12.1. The van der Waals surface area contributed by atoms with Crippen LogP contribution in [0.15, 0.2) is 53.2 Å². The van der Waals surface area contributed by atoms with Gasteiger partial charge in [-0.1, -0.05) is 24.3 Å². The lowest BCUT2D eigenvalue weighted by Gasteiger charge is -2.13. The Labute approximate surface area is 129 Å². The third kappa shape index (κ3) is 3.26. The van der Waals surface area contributed by atoms with E-state index < -0.39 is 0 Å². The van der Waals surface area contributed by atoms with Crippen LogP contribution in [0.3, 0.4) is 0 Å². The van der Waals surface area contributed by atoms with E-state index in [1.165, 1.54) is 21.9 Å². The third-order valence-electron chi connectivity index (χ3n) is 3.74. The molecular weight excluding hydrogens is 278 g/mol. The van der Waals surface area contributed by atoms with E-state index in [1.807, 2.05) is 6.07 Å². The minimum atomic E-state index is 0.136. The van der Waals surface area contributed by atoms with Crippen LogP contribution in [-0.2, 0) is 12.8 Å². The van der Waals surface area contributed by atoms with Gasteiger partial charge in [-0.2, -0.15) is 11.3 Å². The van der Waals surface area contributed by atoms with Gasteiger partial charge < -0.3 is 10.5 Å². The topological polar surface area (TPSA) is 35.2 Å². The summed E-state index contributed by atoms with van der Waals surface area (Å²) in [6.07, 6.45) is 1.80. The van der Waals surface area contributed by atoms with E-state index in [1.54, 1.807) is 18.4 Å². The van der Waals surface area contributed by atoms with E-state index >= 15 is 0 Å². The normalized spacial score (nSPS) is 12.5. The minimum absolute atomic E-state index is 0.136. The smallest absolute Gasteiger partial charge is 0.119 e. The summed E-state index contributed by atoms with van der Waals surface area (Å²) in [7, 11) is 1.70. The Morgan fingerprint density at radius 2 is 2.05 bits per heavy atom. The fraction of sp³-hybridized carbons (Fsp3) is 0.222. The Bertz CT molecular complexity index is 721. The highest BCUT2D eigenvalue weighted by Gasteiger charge is 2.09. The van der Waals surface area contributed by atoms with E-state index in [0.29, 0.717) is 0 Å². The summed E-state index contributed by atoms with van der Waals surface area (Å²) < 4.78 is 5.34. The number of rotatable bonds is 5. The van der Waals surface area contributed by atoms with Crippen molar-refractivity contribution in [1.82, 2.24) is 0 Å². The van der Waals surface area contributed by atoms with Crippen molar-refractivity contribution in [3.8, 4) is 5.75 Å². The first-order chi connectivity index (χ1) is 10.3. The molecule has 0 saturated carbocycles. The van der Waals surface area contributed by atoms with Crippen molar-refractivity contribution in [1.29, 1.82) is 0 Å². The molecule has 1 heterocycles. The van der Waals surface area contributed by atoms with Gasteiger partial charge in [0.05, 0.1) is 7.11 Å². The molecule has 108 valence electrons. The lowest BCUT2D eigenvalue weighted by atomic mass is 9.96. The first kappa shape index (κ1) is 14.1. The van der Waals surface area contributed by atoms with E-state index in [2.05, 4.69) is 47.2 Å². The fourth-order valence-corrected chi connectivity index (χ4v) is 3.37. The van der Waals surface area contributed by atoms with Crippen LogP contribution in [-0.4, -0.2) is 13.2 Å². The van der Waals surface area contributed by atoms with Crippen molar-refractivity contribution in [3.63, 3.8) is 0 Å². The molecule has 3 aromatic rings. The van der Waals surface area contributed by atoms with Gasteiger partial charge in [-0.05, 0) is 63.7 Å². The van der Waals surface area contributed by atoms with Gasteiger partial charge in [0.15, 0.2) is 0 Å². The zero-order chi connectivity index (χ0) is 14.7. The molecule has 3 heteroatoms. The lowest BCUT2D eigenvalue weighted by Crippen LogP contribution is -2.25. The number of hydrogen-bond donors (Lipinski definition) is 1. The molecule has 0 aliphatic heterocycles. The first-order valence-corrected chi connectivity index (χ1v) is 8.03. The van der Waals surface area contributed by atoms with Gasteiger partial charge in [0.2, 0.25) is 0 Å². The van der Waals surface area contributed by atoms with Crippen LogP contribution >= 0.6 is 11.3 Å². The Kier molecular flexibility index (Phi) is 4.23. The molecule has 1 atom stereocenters. The van der Waals surface area contributed by atoms with Crippen molar-refractivity contribution < 1.29 is 4.74 Å². The molecule has 1 aromatic heterocycles. The van der Waals surface area contributed by atoms with Gasteiger partial charge in [0, 0.05) is 6.04 Å². The molecule has 1 unspecified atom stereocenters. The maximum atomic E-state index is 6.33. The summed E-state index contributed by atoms with van der Waals surface area (Å²) >= 11 is 1.72. The molecule has 0 radical (unpaired) electrons. The Morgan fingerprint density at radius 1 is 1.14 bits per heavy atom. The van der Waals surface area contributed by atoms with Gasteiger partial charge >= 0.3 is 0 Å². The van der Waals surface area contributed by atoms with Crippen LogP contribution in [0.25, 0.3) is 10.8 Å². The summed E-state index contributed by atoms with van der Waals surface area (Å²) in [5.41, 5.74) is 8.94. The maximum absolute atomic E-state index is 6.33. The molecule has 0 aliphatic rings.